The SMILES string of the molecule is FC(F)(F)c1cccc(Cl)c1-c1ccccn1. The van der Waals surface area contributed by atoms with Gasteiger partial charge in [0.05, 0.1) is 16.3 Å². The standard InChI is InChI=1S/C12H7ClF3N/c13-9-5-3-4-8(12(14,15)16)11(9)10-6-1-2-7-17-10/h1-7H. The molecule has 0 saturated heterocycles. The lowest BCUT2D eigenvalue weighted by Gasteiger charge is -2.13. The molecule has 1 aromatic heterocycles. The molecule has 1 heterocycles. The Morgan fingerprint density at radius 2 is 1.76 bits per heavy atom. The van der Waals surface area contributed by atoms with Crippen molar-refractivity contribution in [1.29, 1.82) is 0 Å². The third-order valence-electron chi connectivity index (χ3n) is 2.24. The normalized spacial score (nSPS) is 11.5. The largest absolute Gasteiger partial charge is 0.417 e. The van der Waals surface area contributed by atoms with Crippen LogP contribution in [0.3, 0.4) is 0 Å². The molecule has 0 atom stereocenters. The zero-order chi connectivity index (χ0) is 12.5. The maximum absolute atomic E-state index is 12.8. The van der Waals surface area contributed by atoms with Crippen molar-refractivity contribution in [3.05, 3.63) is 53.2 Å². The van der Waals surface area contributed by atoms with Crippen molar-refractivity contribution in [3.63, 3.8) is 0 Å². The van der Waals surface area contributed by atoms with Gasteiger partial charge < -0.3 is 0 Å². The Morgan fingerprint density at radius 3 is 2.35 bits per heavy atom. The van der Waals surface area contributed by atoms with Crippen LogP contribution in [-0.4, -0.2) is 4.98 Å². The molecule has 0 N–H and O–H groups in total. The van der Waals surface area contributed by atoms with E-state index in [9.17, 15) is 13.2 Å². The Morgan fingerprint density at radius 1 is 1.00 bits per heavy atom. The number of pyridine rings is 1. The highest BCUT2D eigenvalue weighted by molar-refractivity contribution is 6.33. The van der Waals surface area contributed by atoms with Gasteiger partial charge in [-0.05, 0) is 24.3 Å². The summed E-state index contributed by atoms with van der Waals surface area (Å²) in [5.41, 5.74) is -0.642. The van der Waals surface area contributed by atoms with Gasteiger partial charge in [-0.2, -0.15) is 13.2 Å². The smallest absolute Gasteiger partial charge is 0.256 e. The van der Waals surface area contributed by atoms with Gasteiger partial charge in [0.25, 0.3) is 0 Å². The summed E-state index contributed by atoms with van der Waals surface area (Å²) in [5, 5.41) is 0.0403. The van der Waals surface area contributed by atoms with Crippen molar-refractivity contribution in [3.8, 4) is 11.3 Å². The van der Waals surface area contributed by atoms with E-state index in [1.54, 1.807) is 12.1 Å². The average Bonchev–Trinajstić information content (AvgIpc) is 2.28. The molecule has 1 aromatic carbocycles. The molecule has 0 aliphatic carbocycles. The zero-order valence-electron chi connectivity index (χ0n) is 8.50. The highest BCUT2D eigenvalue weighted by atomic mass is 35.5. The van der Waals surface area contributed by atoms with Gasteiger partial charge in [0.1, 0.15) is 0 Å². The molecular weight excluding hydrogens is 251 g/mol. The van der Waals surface area contributed by atoms with Crippen LogP contribution in [0, 0.1) is 0 Å². The molecule has 0 spiro atoms. The van der Waals surface area contributed by atoms with E-state index >= 15 is 0 Å². The van der Waals surface area contributed by atoms with Crippen molar-refractivity contribution < 1.29 is 13.2 Å². The Bertz CT molecular complexity index is 523. The minimum atomic E-state index is -4.45. The lowest BCUT2D eigenvalue weighted by Crippen LogP contribution is -2.07. The molecule has 2 rings (SSSR count). The van der Waals surface area contributed by atoms with Crippen molar-refractivity contribution in [1.82, 2.24) is 4.98 Å². The quantitative estimate of drug-likeness (QED) is 0.737. The highest BCUT2D eigenvalue weighted by Crippen LogP contribution is 2.39. The van der Waals surface area contributed by atoms with Gasteiger partial charge in [0.15, 0.2) is 0 Å². The molecule has 1 nitrogen and oxygen atoms in total. The van der Waals surface area contributed by atoms with Gasteiger partial charge in [0, 0.05) is 11.8 Å². The molecule has 0 amide bonds. The first kappa shape index (κ1) is 11.9. The van der Waals surface area contributed by atoms with Gasteiger partial charge in [-0.25, -0.2) is 0 Å². The molecule has 0 saturated carbocycles. The van der Waals surface area contributed by atoms with Crippen LogP contribution in [0.2, 0.25) is 5.02 Å². The first-order valence-electron chi connectivity index (χ1n) is 4.77. The predicted octanol–water partition coefficient (Wildman–Crippen LogP) is 4.42. The lowest BCUT2D eigenvalue weighted by molar-refractivity contribution is -0.137. The van der Waals surface area contributed by atoms with Gasteiger partial charge in [-0.1, -0.05) is 23.7 Å². The fourth-order valence-electron chi connectivity index (χ4n) is 1.53. The Labute approximate surface area is 101 Å². The number of benzene rings is 1. The number of halogens is 4. The molecule has 17 heavy (non-hydrogen) atoms. The summed E-state index contributed by atoms with van der Waals surface area (Å²) in [4.78, 5) is 3.90. The summed E-state index contributed by atoms with van der Waals surface area (Å²) in [5.74, 6) is 0. The predicted molar refractivity (Wildman–Crippen MR) is 59.7 cm³/mol. The van der Waals surface area contributed by atoms with Crippen LogP contribution in [0.25, 0.3) is 11.3 Å². The summed E-state index contributed by atoms with van der Waals surface area (Å²) < 4.78 is 38.5. The fraction of sp³-hybridized carbons (Fsp3) is 0.0833. The number of nitrogens with zero attached hydrogens (tertiary/aromatic N) is 1. The number of aromatic nitrogens is 1. The molecule has 0 bridgehead atoms. The van der Waals surface area contributed by atoms with Gasteiger partial charge in [0.2, 0.25) is 0 Å². The highest BCUT2D eigenvalue weighted by Gasteiger charge is 2.34. The third-order valence-corrected chi connectivity index (χ3v) is 2.56. The number of alkyl halides is 3. The average molecular weight is 258 g/mol. The van der Waals surface area contributed by atoms with Crippen LogP contribution in [0.15, 0.2) is 42.6 Å². The van der Waals surface area contributed by atoms with Crippen molar-refractivity contribution in [2.75, 3.05) is 0 Å². The van der Waals surface area contributed by atoms with E-state index in [0.717, 1.165) is 6.07 Å². The van der Waals surface area contributed by atoms with Crippen molar-refractivity contribution in [2.45, 2.75) is 6.18 Å². The van der Waals surface area contributed by atoms with Gasteiger partial charge in [-0.3, -0.25) is 4.98 Å². The minimum absolute atomic E-state index is 0.0403. The Hall–Kier alpha value is -1.55. The number of hydrogen-bond donors (Lipinski definition) is 0. The molecule has 2 aromatic rings. The summed E-state index contributed by atoms with van der Waals surface area (Å²) in [7, 11) is 0. The van der Waals surface area contributed by atoms with Crippen LogP contribution in [0.1, 0.15) is 5.56 Å². The molecule has 0 aliphatic heterocycles. The topological polar surface area (TPSA) is 12.9 Å². The molecule has 0 unspecified atom stereocenters. The van der Waals surface area contributed by atoms with E-state index in [-0.39, 0.29) is 16.3 Å². The van der Waals surface area contributed by atoms with Crippen molar-refractivity contribution in [2.24, 2.45) is 0 Å². The summed E-state index contributed by atoms with van der Waals surface area (Å²) in [6.45, 7) is 0. The monoisotopic (exact) mass is 257 g/mol. The summed E-state index contributed by atoms with van der Waals surface area (Å²) in [6, 6.07) is 8.43. The maximum atomic E-state index is 12.8. The second kappa shape index (κ2) is 4.37. The maximum Gasteiger partial charge on any atom is 0.417 e. The molecule has 0 radical (unpaired) electrons. The molecule has 88 valence electrons. The van der Waals surface area contributed by atoms with E-state index < -0.39 is 11.7 Å². The molecule has 0 fully saturated rings. The van der Waals surface area contributed by atoms with E-state index in [1.165, 1.54) is 24.4 Å². The van der Waals surface area contributed by atoms with Crippen LogP contribution in [-0.2, 0) is 6.18 Å². The van der Waals surface area contributed by atoms with E-state index in [2.05, 4.69) is 4.98 Å². The summed E-state index contributed by atoms with van der Waals surface area (Å²) in [6.07, 6.45) is -3.02. The molecular formula is C12H7ClF3N. The summed E-state index contributed by atoms with van der Waals surface area (Å²) >= 11 is 5.83. The lowest BCUT2D eigenvalue weighted by atomic mass is 10.0. The molecule has 0 aliphatic rings. The second-order valence-electron chi connectivity index (χ2n) is 3.38. The van der Waals surface area contributed by atoms with E-state index in [0.29, 0.717) is 0 Å². The Kier molecular flexibility index (Phi) is 3.07. The first-order chi connectivity index (χ1) is 8.00. The van der Waals surface area contributed by atoms with E-state index in [1.807, 2.05) is 0 Å². The minimum Gasteiger partial charge on any atom is -0.256 e. The van der Waals surface area contributed by atoms with Gasteiger partial charge in [-0.15, -0.1) is 0 Å². The fourth-order valence-corrected chi connectivity index (χ4v) is 1.80. The third kappa shape index (κ3) is 2.42. The number of rotatable bonds is 1. The van der Waals surface area contributed by atoms with Gasteiger partial charge >= 0.3 is 6.18 Å². The van der Waals surface area contributed by atoms with Crippen molar-refractivity contribution >= 4 is 11.6 Å². The second-order valence-corrected chi connectivity index (χ2v) is 3.78. The first-order valence-corrected chi connectivity index (χ1v) is 5.15. The van der Waals surface area contributed by atoms with Crippen LogP contribution in [0.5, 0.6) is 0 Å². The van der Waals surface area contributed by atoms with Crippen LogP contribution >= 0.6 is 11.6 Å². The van der Waals surface area contributed by atoms with Crippen LogP contribution < -0.4 is 0 Å². The Balaban J connectivity index is 2.69. The van der Waals surface area contributed by atoms with E-state index in [4.69, 9.17) is 11.6 Å². The molecule has 5 heteroatoms. The zero-order valence-corrected chi connectivity index (χ0v) is 9.26. The van der Waals surface area contributed by atoms with Crippen LogP contribution in [0.4, 0.5) is 13.2 Å². The number of hydrogen-bond acceptors (Lipinski definition) is 1.